The molecule has 0 unspecified atom stereocenters. The average molecular weight is 315 g/mol. The third-order valence-electron chi connectivity index (χ3n) is 4.78. The van der Waals surface area contributed by atoms with Crippen LogP contribution in [-0.2, 0) is 0 Å². The van der Waals surface area contributed by atoms with Crippen molar-refractivity contribution < 1.29 is 9.90 Å². The summed E-state index contributed by atoms with van der Waals surface area (Å²) in [5, 5.41) is 9.93. The molecule has 1 aliphatic heterocycles. The lowest BCUT2D eigenvalue weighted by Gasteiger charge is -2.44. The second-order valence-corrected chi connectivity index (χ2v) is 7.30. The molecular weight excluding hydrogens is 296 g/mol. The fourth-order valence-corrected chi connectivity index (χ4v) is 4.71. The Morgan fingerprint density at radius 3 is 2.40 bits per heavy atom. The van der Waals surface area contributed by atoms with Crippen LogP contribution in [0, 0.1) is 5.41 Å². The van der Waals surface area contributed by atoms with E-state index in [1.165, 1.54) is 56.3 Å². The summed E-state index contributed by atoms with van der Waals surface area (Å²) >= 11 is 7.09. The van der Waals surface area contributed by atoms with Crippen molar-refractivity contribution in [2.24, 2.45) is 5.41 Å². The molecule has 1 aromatic rings. The number of piperidine rings is 1. The second-order valence-electron chi connectivity index (χ2n) is 5.97. The van der Waals surface area contributed by atoms with E-state index in [9.17, 15) is 4.79 Å². The summed E-state index contributed by atoms with van der Waals surface area (Å²) in [6.45, 7) is 1.95. The van der Waals surface area contributed by atoms with Crippen LogP contribution in [0.2, 0.25) is 5.15 Å². The molecule has 6 heteroatoms. The molecule has 0 bridgehead atoms. The normalized spacial score (nSPS) is 22.1. The van der Waals surface area contributed by atoms with Gasteiger partial charge in [0.1, 0.15) is 0 Å². The van der Waals surface area contributed by atoms with Gasteiger partial charge in [-0.25, -0.2) is 9.78 Å². The Morgan fingerprint density at radius 1 is 1.20 bits per heavy atom. The van der Waals surface area contributed by atoms with Gasteiger partial charge in [-0.15, -0.1) is 0 Å². The molecular formula is C14H19ClN2O2S. The molecule has 4 nitrogen and oxygen atoms in total. The number of aromatic nitrogens is 1. The molecule has 0 radical (unpaired) electrons. The largest absolute Gasteiger partial charge is 0.477 e. The zero-order chi connectivity index (χ0) is 14.2. The van der Waals surface area contributed by atoms with Gasteiger partial charge in [0.15, 0.2) is 15.2 Å². The molecule has 20 heavy (non-hydrogen) atoms. The Labute approximate surface area is 127 Å². The Kier molecular flexibility index (Phi) is 3.91. The van der Waals surface area contributed by atoms with Crippen LogP contribution in [-0.4, -0.2) is 29.1 Å². The molecule has 2 aliphatic rings. The number of halogens is 1. The maximum Gasteiger partial charge on any atom is 0.349 e. The minimum absolute atomic E-state index is 0.121. The maximum atomic E-state index is 11.0. The van der Waals surface area contributed by atoms with Crippen LogP contribution in [0.3, 0.4) is 0 Å². The third kappa shape index (κ3) is 2.66. The van der Waals surface area contributed by atoms with Gasteiger partial charge in [-0.1, -0.05) is 42.2 Å². The lowest BCUT2D eigenvalue weighted by Crippen LogP contribution is -2.41. The van der Waals surface area contributed by atoms with Crippen molar-refractivity contribution in [3.05, 3.63) is 10.0 Å². The van der Waals surface area contributed by atoms with Crippen LogP contribution in [0.5, 0.6) is 0 Å². The topological polar surface area (TPSA) is 53.4 Å². The number of aromatic carboxylic acids is 1. The minimum atomic E-state index is -0.987. The summed E-state index contributed by atoms with van der Waals surface area (Å²) in [7, 11) is 0. The molecule has 3 rings (SSSR count). The van der Waals surface area contributed by atoms with Crippen molar-refractivity contribution in [3.63, 3.8) is 0 Å². The zero-order valence-corrected chi connectivity index (χ0v) is 13.0. The van der Waals surface area contributed by atoms with Crippen molar-refractivity contribution in [1.29, 1.82) is 0 Å². The molecule has 1 spiro atoms. The Bertz CT molecular complexity index is 501. The van der Waals surface area contributed by atoms with E-state index in [0.29, 0.717) is 5.41 Å². The monoisotopic (exact) mass is 314 g/mol. The predicted octanol–water partition coefficient (Wildman–Crippen LogP) is 4.05. The van der Waals surface area contributed by atoms with Gasteiger partial charge in [0.25, 0.3) is 0 Å². The van der Waals surface area contributed by atoms with Gasteiger partial charge in [-0.2, -0.15) is 0 Å². The van der Waals surface area contributed by atoms with Crippen molar-refractivity contribution in [1.82, 2.24) is 4.98 Å². The molecule has 110 valence electrons. The second kappa shape index (κ2) is 5.53. The molecule has 1 N–H and O–H groups in total. The summed E-state index contributed by atoms with van der Waals surface area (Å²) in [5.74, 6) is -0.987. The average Bonchev–Trinajstić information content (AvgIpc) is 2.83. The first-order valence-electron chi connectivity index (χ1n) is 7.24. The van der Waals surface area contributed by atoms with Crippen LogP contribution in [0.15, 0.2) is 0 Å². The fraction of sp³-hybridized carbons (Fsp3) is 0.714. The number of nitrogens with zero attached hydrogens (tertiary/aromatic N) is 2. The first kappa shape index (κ1) is 14.1. The van der Waals surface area contributed by atoms with Crippen LogP contribution in [0.25, 0.3) is 0 Å². The summed E-state index contributed by atoms with van der Waals surface area (Å²) < 4.78 is 0. The molecule has 0 atom stereocenters. The molecule has 1 aliphatic carbocycles. The zero-order valence-electron chi connectivity index (χ0n) is 11.4. The highest BCUT2D eigenvalue weighted by Crippen LogP contribution is 2.45. The van der Waals surface area contributed by atoms with Gasteiger partial charge in [-0.05, 0) is 31.1 Å². The lowest BCUT2D eigenvalue weighted by molar-refractivity contribution is 0.0702. The van der Waals surface area contributed by atoms with E-state index >= 15 is 0 Å². The molecule has 1 aromatic heterocycles. The number of rotatable bonds is 2. The molecule has 1 saturated carbocycles. The first-order valence-corrected chi connectivity index (χ1v) is 8.44. The minimum Gasteiger partial charge on any atom is -0.477 e. The highest BCUT2D eigenvalue weighted by Gasteiger charge is 2.36. The van der Waals surface area contributed by atoms with Crippen molar-refractivity contribution >= 4 is 34.0 Å². The summed E-state index contributed by atoms with van der Waals surface area (Å²) in [6.07, 6.45) is 9.24. The SMILES string of the molecule is O=C(O)c1sc(N2CCC3(CCCCC3)CC2)nc1Cl. The maximum absolute atomic E-state index is 11.0. The van der Waals surface area contributed by atoms with Crippen molar-refractivity contribution in [2.45, 2.75) is 44.9 Å². The highest BCUT2D eigenvalue weighted by molar-refractivity contribution is 7.18. The van der Waals surface area contributed by atoms with Gasteiger partial charge >= 0.3 is 5.97 Å². The number of carboxylic acids is 1. The number of thiazole rings is 1. The first-order chi connectivity index (χ1) is 9.60. The molecule has 2 fully saturated rings. The Hall–Kier alpha value is -0.810. The van der Waals surface area contributed by atoms with Gasteiger partial charge in [0.2, 0.25) is 0 Å². The van der Waals surface area contributed by atoms with Gasteiger partial charge < -0.3 is 10.0 Å². The number of anilines is 1. The van der Waals surface area contributed by atoms with E-state index in [0.717, 1.165) is 18.2 Å². The van der Waals surface area contributed by atoms with E-state index in [4.69, 9.17) is 16.7 Å². The molecule has 0 aromatic carbocycles. The Morgan fingerprint density at radius 2 is 1.85 bits per heavy atom. The van der Waals surface area contributed by atoms with E-state index in [-0.39, 0.29) is 10.0 Å². The lowest BCUT2D eigenvalue weighted by atomic mass is 9.68. The predicted molar refractivity (Wildman–Crippen MR) is 81.0 cm³/mol. The quantitative estimate of drug-likeness (QED) is 0.895. The van der Waals surface area contributed by atoms with Gasteiger partial charge in [0, 0.05) is 13.1 Å². The van der Waals surface area contributed by atoms with E-state index < -0.39 is 5.97 Å². The summed E-state index contributed by atoms with van der Waals surface area (Å²) in [5.41, 5.74) is 0.547. The molecule has 1 saturated heterocycles. The summed E-state index contributed by atoms with van der Waals surface area (Å²) in [4.78, 5) is 17.6. The van der Waals surface area contributed by atoms with Crippen molar-refractivity contribution in [2.75, 3.05) is 18.0 Å². The van der Waals surface area contributed by atoms with Gasteiger partial charge in [0.05, 0.1) is 0 Å². The van der Waals surface area contributed by atoms with E-state index in [1.54, 1.807) is 0 Å². The van der Waals surface area contributed by atoms with Crippen LogP contribution in [0.1, 0.15) is 54.6 Å². The molecule has 2 heterocycles. The number of carboxylic acid groups (broad SMARTS) is 1. The smallest absolute Gasteiger partial charge is 0.349 e. The highest BCUT2D eigenvalue weighted by atomic mass is 35.5. The fourth-order valence-electron chi connectivity index (χ4n) is 3.53. The number of hydrogen-bond acceptors (Lipinski definition) is 4. The standard InChI is InChI=1S/C14H19ClN2O2S/c15-11-10(12(18)19)20-13(16-11)17-8-6-14(7-9-17)4-2-1-3-5-14/h1-9H2,(H,18,19). The van der Waals surface area contributed by atoms with Crippen LogP contribution < -0.4 is 4.90 Å². The van der Waals surface area contributed by atoms with Gasteiger partial charge in [-0.3, -0.25) is 0 Å². The number of hydrogen-bond donors (Lipinski definition) is 1. The van der Waals surface area contributed by atoms with Crippen molar-refractivity contribution in [3.8, 4) is 0 Å². The summed E-state index contributed by atoms with van der Waals surface area (Å²) in [6, 6.07) is 0. The molecule has 0 amide bonds. The van der Waals surface area contributed by atoms with Crippen LogP contribution >= 0.6 is 22.9 Å². The third-order valence-corrected chi connectivity index (χ3v) is 6.27. The van der Waals surface area contributed by atoms with Crippen LogP contribution in [0.4, 0.5) is 5.13 Å². The van der Waals surface area contributed by atoms with E-state index in [1.807, 2.05) is 0 Å². The van der Waals surface area contributed by atoms with E-state index in [2.05, 4.69) is 9.88 Å². The Balaban J connectivity index is 1.68. The number of carbonyl (C=O) groups is 1.